The lowest BCUT2D eigenvalue weighted by atomic mass is 10.1. The van der Waals surface area contributed by atoms with E-state index in [2.05, 4.69) is 37.1 Å². The highest BCUT2D eigenvalue weighted by Crippen LogP contribution is 2.20. The van der Waals surface area contributed by atoms with Crippen molar-refractivity contribution in [3.05, 3.63) is 59.7 Å². The molecular formula is C17H20N2S. The summed E-state index contributed by atoms with van der Waals surface area (Å²) in [5.74, 6) is 0.875. The first-order chi connectivity index (χ1) is 9.66. The number of thioether (sulfide) groups is 1. The predicted octanol–water partition coefficient (Wildman–Crippen LogP) is 4.52. The van der Waals surface area contributed by atoms with Crippen molar-refractivity contribution in [2.75, 3.05) is 17.8 Å². The first kappa shape index (κ1) is 14.7. The molecule has 0 aliphatic rings. The molecule has 0 unspecified atom stereocenters. The summed E-state index contributed by atoms with van der Waals surface area (Å²) in [6.07, 6.45) is 1.95. The summed E-state index contributed by atoms with van der Waals surface area (Å²) in [6, 6.07) is 16.7. The van der Waals surface area contributed by atoms with Gasteiger partial charge in [0.2, 0.25) is 0 Å². The third-order valence-electron chi connectivity index (χ3n) is 3.19. The van der Waals surface area contributed by atoms with E-state index < -0.39 is 0 Å². The van der Waals surface area contributed by atoms with Gasteiger partial charge in [0.25, 0.3) is 0 Å². The van der Waals surface area contributed by atoms with Gasteiger partial charge in [-0.15, -0.1) is 11.8 Å². The van der Waals surface area contributed by atoms with Gasteiger partial charge in [-0.1, -0.05) is 24.3 Å². The van der Waals surface area contributed by atoms with Crippen LogP contribution in [0.5, 0.6) is 0 Å². The van der Waals surface area contributed by atoms with Crippen molar-refractivity contribution >= 4 is 23.7 Å². The van der Waals surface area contributed by atoms with Gasteiger partial charge in [-0.25, -0.2) is 0 Å². The van der Waals surface area contributed by atoms with Gasteiger partial charge in [-0.05, 0) is 49.2 Å². The molecule has 2 nitrogen and oxygen atoms in total. The monoisotopic (exact) mass is 284 g/mol. The first-order valence-corrected chi connectivity index (χ1v) is 7.66. The highest BCUT2D eigenvalue weighted by Gasteiger charge is 1.97. The van der Waals surface area contributed by atoms with Crippen LogP contribution in [0.4, 0.5) is 5.69 Å². The Hall–Kier alpha value is -1.74. The van der Waals surface area contributed by atoms with Crippen LogP contribution >= 0.6 is 11.8 Å². The molecule has 20 heavy (non-hydrogen) atoms. The standard InChI is InChI=1S/C17H20N2S/c1-14-9-10-17(13-15(14)2)20-12-11-18-19(3)16-7-5-4-6-8-16/h4-11,13H,12H2,1-3H3. The lowest BCUT2D eigenvalue weighted by Gasteiger charge is -2.12. The Kier molecular flexibility index (Phi) is 5.24. The Morgan fingerprint density at radius 1 is 1.05 bits per heavy atom. The van der Waals surface area contributed by atoms with Crippen LogP contribution in [0.25, 0.3) is 0 Å². The van der Waals surface area contributed by atoms with Gasteiger partial charge in [0.15, 0.2) is 0 Å². The van der Waals surface area contributed by atoms with Gasteiger partial charge in [0.05, 0.1) is 5.69 Å². The van der Waals surface area contributed by atoms with E-state index in [9.17, 15) is 0 Å². The maximum atomic E-state index is 4.44. The van der Waals surface area contributed by atoms with Crippen LogP contribution in [-0.4, -0.2) is 19.0 Å². The molecule has 0 radical (unpaired) electrons. The van der Waals surface area contributed by atoms with Gasteiger partial charge in [-0.3, -0.25) is 5.01 Å². The maximum absolute atomic E-state index is 4.44. The van der Waals surface area contributed by atoms with E-state index in [1.807, 2.05) is 48.6 Å². The highest BCUT2D eigenvalue weighted by atomic mass is 32.2. The molecule has 104 valence electrons. The maximum Gasteiger partial charge on any atom is 0.0590 e. The quantitative estimate of drug-likeness (QED) is 0.456. The van der Waals surface area contributed by atoms with Crippen LogP contribution in [-0.2, 0) is 0 Å². The Bertz CT molecular complexity index is 579. The van der Waals surface area contributed by atoms with Gasteiger partial charge >= 0.3 is 0 Å². The number of benzene rings is 2. The third kappa shape index (κ3) is 4.14. The number of rotatable bonds is 5. The van der Waals surface area contributed by atoms with Gasteiger partial charge in [0, 0.05) is 23.9 Å². The number of aryl methyl sites for hydroxylation is 2. The zero-order valence-corrected chi connectivity index (χ0v) is 13.0. The molecule has 3 heteroatoms. The molecule has 0 N–H and O–H groups in total. The minimum atomic E-state index is 0.875. The zero-order valence-electron chi connectivity index (χ0n) is 12.2. The zero-order chi connectivity index (χ0) is 14.4. The van der Waals surface area contributed by atoms with Gasteiger partial charge in [-0.2, -0.15) is 5.10 Å². The Morgan fingerprint density at radius 2 is 1.80 bits per heavy atom. The van der Waals surface area contributed by atoms with Crippen LogP contribution < -0.4 is 5.01 Å². The molecule has 0 aliphatic carbocycles. The summed E-state index contributed by atoms with van der Waals surface area (Å²) in [6.45, 7) is 4.29. The lowest BCUT2D eigenvalue weighted by Crippen LogP contribution is -2.08. The summed E-state index contributed by atoms with van der Waals surface area (Å²) in [5.41, 5.74) is 3.78. The average Bonchev–Trinajstić information content (AvgIpc) is 2.48. The molecule has 0 heterocycles. The number of hydrogen-bond donors (Lipinski definition) is 0. The molecule has 2 rings (SSSR count). The first-order valence-electron chi connectivity index (χ1n) is 6.68. The minimum absolute atomic E-state index is 0.875. The van der Waals surface area contributed by atoms with Crippen molar-refractivity contribution < 1.29 is 0 Å². The number of hydrazone groups is 1. The minimum Gasteiger partial charge on any atom is -0.269 e. The van der Waals surface area contributed by atoms with E-state index in [0.29, 0.717) is 0 Å². The number of nitrogens with zero attached hydrogens (tertiary/aromatic N) is 2. The molecule has 0 fully saturated rings. The Labute approximate surface area is 125 Å². The van der Waals surface area contributed by atoms with E-state index in [1.54, 1.807) is 11.8 Å². The fraction of sp³-hybridized carbons (Fsp3) is 0.235. The van der Waals surface area contributed by atoms with E-state index in [0.717, 1.165) is 11.4 Å². The second kappa shape index (κ2) is 7.15. The molecule has 0 aromatic heterocycles. The van der Waals surface area contributed by atoms with Crippen LogP contribution in [0.15, 0.2) is 58.5 Å². The Morgan fingerprint density at radius 3 is 2.50 bits per heavy atom. The van der Waals surface area contributed by atoms with Crippen molar-refractivity contribution in [3.8, 4) is 0 Å². The van der Waals surface area contributed by atoms with Crippen molar-refractivity contribution in [1.82, 2.24) is 0 Å². The fourth-order valence-corrected chi connectivity index (χ4v) is 2.56. The summed E-state index contributed by atoms with van der Waals surface area (Å²) in [4.78, 5) is 1.29. The van der Waals surface area contributed by atoms with Gasteiger partial charge < -0.3 is 0 Å². The molecule has 0 bridgehead atoms. The second-order valence-electron chi connectivity index (χ2n) is 4.71. The smallest absolute Gasteiger partial charge is 0.0590 e. The van der Waals surface area contributed by atoms with Crippen molar-refractivity contribution in [2.45, 2.75) is 18.7 Å². The Balaban J connectivity index is 1.86. The summed E-state index contributed by atoms with van der Waals surface area (Å²) < 4.78 is 0. The van der Waals surface area contributed by atoms with E-state index in [4.69, 9.17) is 0 Å². The molecule has 0 aliphatic heterocycles. The van der Waals surface area contributed by atoms with Crippen LogP contribution in [0, 0.1) is 13.8 Å². The second-order valence-corrected chi connectivity index (χ2v) is 5.81. The molecule has 0 saturated heterocycles. The molecular weight excluding hydrogens is 264 g/mol. The van der Waals surface area contributed by atoms with Gasteiger partial charge in [0.1, 0.15) is 0 Å². The van der Waals surface area contributed by atoms with Crippen molar-refractivity contribution in [3.63, 3.8) is 0 Å². The van der Waals surface area contributed by atoms with Crippen molar-refractivity contribution in [1.29, 1.82) is 0 Å². The summed E-state index contributed by atoms with van der Waals surface area (Å²) in [5, 5.41) is 6.33. The highest BCUT2D eigenvalue weighted by molar-refractivity contribution is 7.99. The number of anilines is 1. The molecule has 2 aromatic carbocycles. The SMILES string of the molecule is Cc1ccc(SCC=NN(C)c2ccccc2)cc1C. The molecule has 0 saturated carbocycles. The largest absolute Gasteiger partial charge is 0.269 e. The fourth-order valence-electron chi connectivity index (χ4n) is 1.80. The van der Waals surface area contributed by atoms with Crippen molar-refractivity contribution in [2.24, 2.45) is 5.10 Å². The third-order valence-corrected chi connectivity index (χ3v) is 4.09. The normalized spacial score (nSPS) is 10.9. The van der Waals surface area contributed by atoms with Crippen LogP contribution in [0.1, 0.15) is 11.1 Å². The topological polar surface area (TPSA) is 15.6 Å². The number of hydrogen-bond acceptors (Lipinski definition) is 3. The molecule has 2 aromatic rings. The molecule has 0 spiro atoms. The predicted molar refractivity (Wildman–Crippen MR) is 90.0 cm³/mol. The molecule has 0 amide bonds. The van der Waals surface area contributed by atoms with E-state index >= 15 is 0 Å². The van der Waals surface area contributed by atoms with E-state index in [1.165, 1.54) is 16.0 Å². The average molecular weight is 284 g/mol. The van der Waals surface area contributed by atoms with Crippen LogP contribution in [0.3, 0.4) is 0 Å². The summed E-state index contributed by atoms with van der Waals surface area (Å²) >= 11 is 1.80. The molecule has 0 atom stereocenters. The summed E-state index contributed by atoms with van der Waals surface area (Å²) in [7, 11) is 1.96. The van der Waals surface area contributed by atoms with Crippen LogP contribution in [0.2, 0.25) is 0 Å². The lowest BCUT2D eigenvalue weighted by molar-refractivity contribution is 1.02. The van der Waals surface area contributed by atoms with E-state index in [-0.39, 0.29) is 0 Å². The number of para-hydroxylation sites is 1.